The van der Waals surface area contributed by atoms with Gasteiger partial charge in [0.15, 0.2) is 0 Å². The van der Waals surface area contributed by atoms with E-state index in [0.717, 1.165) is 19.4 Å². The van der Waals surface area contributed by atoms with Crippen LogP contribution < -0.4 is 10.6 Å². The molecule has 1 saturated heterocycles. The first-order chi connectivity index (χ1) is 4.34. The molecular formula is C6H12N2O. The summed E-state index contributed by atoms with van der Waals surface area (Å²) in [7, 11) is 0. The average molecular weight is 128 g/mol. The van der Waals surface area contributed by atoms with Crippen LogP contribution >= 0.6 is 0 Å². The maximum absolute atomic E-state index is 10.3. The van der Waals surface area contributed by atoms with Crippen LogP contribution in [0.15, 0.2) is 0 Å². The van der Waals surface area contributed by atoms with Gasteiger partial charge in [0.25, 0.3) is 0 Å². The number of hydrogen-bond donors (Lipinski definition) is 2. The van der Waals surface area contributed by atoms with Gasteiger partial charge in [-0.2, -0.15) is 0 Å². The first kappa shape index (κ1) is 6.71. The molecule has 0 aromatic carbocycles. The highest BCUT2D eigenvalue weighted by Crippen LogP contribution is 1.92. The van der Waals surface area contributed by atoms with Crippen molar-refractivity contribution in [3.05, 3.63) is 0 Å². The van der Waals surface area contributed by atoms with Crippen LogP contribution in [0.5, 0.6) is 0 Å². The van der Waals surface area contributed by atoms with Gasteiger partial charge in [-0.1, -0.05) is 0 Å². The summed E-state index contributed by atoms with van der Waals surface area (Å²) >= 11 is 0. The van der Waals surface area contributed by atoms with Gasteiger partial charge in [-0.05, 0) is 6.92 Å². The minimum atomic E-state index is 0.0127. The van der Waals surface area contributed by atoms with Crippen LogP contribution in [0.4, 0.5) is 0 Å². The maximum Gasteiger partial charge on any atom is 0.138 e. The Bertz CT molecular complexity index is 105. The lowest BCUT2D eigenvalue weighted by Crippen LogP contribution is -2.55. The minimum Gasteiger partial charge on any atom is -0.311 e. The van der Waals surface area contributed by atoms with Crippen LogP contribution in [0, 0.1) is 0 Å². The molecular weight excluding hydrogens is 116 g/mol. The summed E-state index contributed by atoms with van der Waals surface area (Å²) in [6, 6.07) is 0.301. The quantitative estimate of drug-likeness (QED) is 0.451. The molecule has 1 aliphatic rings. The van der Waals surface area contributed by atoms with Crippen molar-refractivity contribution in [3.63, 3.8) is 0 Å². The molecule has 3 heteroatoms. The fourth-order valence-electron chi connectivity index (χ4n) is 1.01. The van der Waals surface area contributed by atoms with Crippen LogP contribution in [-0.4, -0.2) is 31.5 Å². The van der Waals surface area contributed by atoms with E-state index in [1.165, 1.54) is 0 Å². The molecule has 2 atom stereocenters. The molecule has 0 aliphatic carbocycles. The summed E-state index contributed by atoms with van der Waals surface area (Å²) in [5.41, 5.74) is 0. The lowest BCUT2D eigenvalue weighted by molar-refractivity contribution is -0.110. The van der Waals surface area contributed by atoms with Gasteiger partial charge in [-0.3, -0.25) is 0 Å². The second-order valence-corrected chi connectivity index (χ2v) is 2.36. The van der Waals surface area contributed by atoms with Crippen molar-refractivity contribution in [2.24, 2.45) is 0 Å². The monoisotopic (exact) mass is 128 g/mol. The van der Waals surface area contributed by atoms with Gasteiger partial charge >= 0.3 is 0 Å². The first-order valence-electron chi connectivity index (χ1n) is 3.26. The number of piperazine rings is 1. The normalized spacial score (nSPS) is 36.1. The third kappa shape index (κ3) is 1.50. The molecule has 0 spiro atoms. The summed E-state index contributed by atoms with van der Waals surface area (Å²) in [4.78, 5) is 10.3. The molecule has 2 N–H and O–H groups in total. The highest BCUT2D eigenvalue weighted by Gasteiger charge is 2.18. The Morgan fingerprint density at radius 1 is 1.44 bits per heavy atom. The van der Waals surface area contributed by atoms with Crippen LogP contribution in [0.25, 0.3) is 0 Å². The molecule has 52 valence electrons. The predicted molar refractivity (Wildman–Crippen MR) is 35.3 cm³/mol. The highest BCUT2D eigenvalue weighted by molar-refractivity contribution is 5.59. The van der Waals surface area contributed by atoms with Crippen molar-refractivity contribution in [1.82, 2.24) is 10.6 Å². The molecule has 0 radical (unpaired) electrons. The Hall–Kier alpha value is -0.410. The molecule has 2 unspecified atom stereocenters. The van der Waals surface area contributed by atoms with Crippen molar-refractivity contribution in [2.75, 3.05) is 13.1 Å². The second kappa shape index (κ2) is 2.94. The van der Waals surface area contributed by atoms with Crippen molar-refractivity contribution in [2.45, 2.75) is 19.0 Å². The molecule has 1 rings (SSSR count). The molecule has 1 heterocycles. The number of nitrogens with one attached hydrogen (secondary N) is 2. The largest absolute Gasteiger partial charge is 0.311 e. The molecule has 1 aliphatic heterocycles. The molecule has 0 aromatic rings. The summed E-state index contributed by atoms with van der Waals surface area (Å²) in [5, 5.41) is 6.28. The first-order valence-corrected chi connectivity index (χ1v) is 3.26. The Labute approximate surface area is 54.8 Å². The summed E-state index contributed by atoms with van der Waals surface area (Å²) < 4.78 is 0. The van der Waals surface area contributed by atoms with Crippen molar-refractivity contribution in [3.8, 4) is 0 Å². The molecule has 3 nitrogen and oxygen atoms in total. The highest BCUT2D eigenvalue weighted by atomic mass is 16.1. The van der Waals surface area contributed by atoms with Gasteiger partial charge in [0.1, 0.15) is 6.29 Å². The van der Waals surface area contributed by atoms with E-state index >= 15 is 0 Å². The predicted octanol–water partition coefficient (Wildman–Crippen LogP) is -0.865. The molecule has 9 heavy (non-hydrogen) atoms. The Balaban J connectivity index is 2.38. The average Bonchev–Trinajstić information content (AvgIpc) is 1.89. The van der Waals surface area contributed by atoms with Crippen molar-refractivity contribution >= 4 is 6.29 Å². The van der Waals surface area contributed by atoms with Gasteiger partial charge in [-0.15, -0.1) is 0 Å². The zero-order valence-electron chi connectivity index (χ0n) is 5.55. The van der Waals surface area contributed by atoms with E-state index in [4.69, 9.17) is 0 Å². The molecule has 0 saturated carbocycles. The lowest BCUT2D eigenvalue weighted by Gasteiger charge is -2.26. The fourth-order valence-corrected chi connectivity index (χ4v) is 1.01. The van der Waals surface area contributed by atoms with E-state index in [-0.39, 0.29) is 12.1 Å². The summed E-state index contributed by atoms with van der Waals surface area (Å²) in [6.07, 6.45) is 0.955. The van der Waals surface area contributed by atoms with Crippen molar-refractivity contribution in [1.29, 1.82) is 0 Å². The lowest BCUT2D eigenvalue weighted by atomic mass is 10.1. The van der Waals surface area contributed by atoms with Crippen LogP contribution in [0.2, 0.25) is 0 Å². The number of carbonyl (C=O) groups is 1. The van der Waals surface area contributed by atoms with Crippen LogP contribution in [0.3, 0.4) is 0 Å². The fraction of sp³-hybridized carbons (Fsp3) is 0.833. The second-order valence-electron chi connectivity index (χ2n) is 2.36. The van der Waals surface area contributed by atoms with E-state index in [2.05, 4.69) is 10.6 Å². The standard InChI is InChI=1S/C6H12N2O/c1-5-6(4-9)8-3-2-7-5/h4-8H,2-3H2,1H3. The van der Waals surface area contributed by atoms with Gasteiger partial charge in [-0.25, -0.2) is 0 Å². The third-order valence-corrected chi connectivity index (χ3v) is 1.66. The van der Waals surface area contributed by atoms with E-state index < -0.39 is 0 Å². The smallest absolute Gasteiger partial charge is 0.138 e. The van der Waals surface area contributed by atoms with E-state index in [9.17, 15) is 4.79 Å². The number of hydrogen-bond acceptors (Lipinski definition) is 3. The zero-order valence-corrected chi connectivity index (χ0v) is 5.55. The van der Waals surface area contributed by atoms with Gasteiger partial charge in [0, 0.05) is 19.1 Å². The third-order valence-electron chi connectivity index (χ3n) is 1.66. The Morgan fingerprint density at radius 2 is 2.11 bits per heavy atom. The minimum absolute atomic E-state index is 0.0127. The zero-order chi connectivity index (χ0) is 6.69. The van der Waals surface area contributed by atoms with Gasteiger partial charge in [0.2, 0.25) is 0 Å². The van der Waals surface area contributed by atoms with Crippen LogP contribution in [-0.2, 0) is 4.79 Å². The van der Waals surface area contributed by atoms with E-state index in [1.54, 1.807) is 0 Å². The molecule has 0 aromatic heterocycles. The number of carbonyl (C=O) groups excluding carboxylic acids is 1. The van der Waals surface area contributed by atoms with Crippen molar-refractivity contribution < 1.29 is 4.79 Å². The van der Waals surface area contributed by atoms with E-state index in [0.29, 0.717) is 0 Å². The molecule has 1 fully saturated rings. The van der Waals surface area contributed by atoms with E-state index in [1.807, 2.05) is 6.92 Å². The molecule has 0 amide bonds. The Kier molecular flexibility index (Phi) is 2.19. The van der Waals surface area contributed by atoms with Gasteiger partial charge in [0.05, 0.1) is 6.04 Å². The number of aldehydes is 1. The number of rotatable bonds is 1. The van der Waals surface area contributed by atoms with Gasteiger partial charge < -0.3 is 15.4 Å². The summed E-state index contributed by atoms with van der Waals surface area (Å²) in [6.45, 7) is 3.87. The SMILES string of the molecule is CC1NCCNC1C=O. The Morgan fingerprint density at radius 3 is 2.56 bits per heavy atom. The topological polar surface area (TPSA) is 41.1 Å². The molecule has 0 bridgehead atoms. The van der Waals surface area contributed by atoms with Crippen LogP contribution in [0.1, 0.15) is 6.92 Å². The summed E-state index contributed by atoms with van der Waals surface area (Å²) in [5.74, 6) is 0. The maximum atomic E-state index is 10.3.